The SMILES string of the molecule is CC.CC(COCCOCCSC#N)c1cccc(C=O)n1.CCCOCCOCCN(CCOCCOCCC)Cc1cccc(C(=O)O)n1.CO. The summed E-state index contributed by atoms with van der Waals surface area (Å²) in [7, 11) is 1.00. The van der Waals surface area contributed by atoms with E-state index in [1.807, 2.05) is 44.4 Å². The lowest BCUT2D eigenvalue weighted by atomic mass is 10.1. The van der Waals surface area contributed by atoms with Gasteiger partial charge in [-0.2, -0.15) is 5.26 Å². The predicted octanol–water partition coefficient (Wildman–Crippen LogP) is 5.35. The summed E-state index contributed by atoms with van der Waals surface area (Å²) >= 11 is 1.18. The summed E-state index contributed by atoms with van der Waals surface area (Å²) in [6, 6.07) is 10.4. The van der Waals surface area contributed by atoms with Gasteiger partial charge < -0.3 is 38.6 Å². The molecule has 302 valence electrons. The highest BCUT2D eigenvalue weighted by Crippen LogP contribution is 2.13. The molecule has 0 bridgehead atoms. The molecule has 0 aliphatic heterocycles. The molecule has 53 heavy (non-hydrogen) atoms. The Morgan fingerprint density at radius 1 is 0.811 bits per heavy atom. The molecule has 0 saturated heterocycles. The van der Waals surface area contributed by atoms with Crippen LogP contribution in [0, 0.1) is 10.7 Å². The smallest absolute Gasteiger partial charge is 0.354 e. The third kappa shape index (κ3) is 31.1. The van der Waals surface area contributed by atoms with E-state index in [9.17, 15) is 9.59 Å². The molecule has 2 rings (SSSR count). The molecule has 1 unspecified atom stereocenters. The van der Waals surface area contributed by atoms with Gasteiger partial charge in [0.05, 0.1) is 71.8 Å². The minimum absolute atomic E-state index is 0.0519. The van der Waals surface area contributed by atoms with Crippen molar-refractivity contribution in [3.8, 4) is 5.40 Å². The molecule has 0 spiro atoms. The number of hydrogen-bond donors (Lipinski definition) is 2. The molecule has 0 aliphatic rings. The van der Waals surface area contributed by atoms with Gasteiger partial charge >= 0.3 is 5.97 Å². The molecule has 0 saturated carbocycles. The zero-order valence-electron chi connectivity index (χ0n) is 32.7. The Hall–Kier alpha value is -3.04. The van der Waals surface area contributed by atoms with Gasteiger partial charge in [-0.05, 0) is 48.9 Å². The molecule has 0 aromatic carbocycles. The summed E-state index contributed by atoms with van der Waals surface area (Å²) in [5.41, 5.74) is 2.05. The van der Waals surface area contributed by atoms with Gasteiger partial charge in [0, 0.05) is 57.3 Å². The van der Waals surface area contributed by atoms with E-state index < -0.39 is 5.97 Å². The average Bonchev–Trinajstić information content (AvgIpc) is 3.19. The summed E-state index contributed by atoms with van der Waals surface area (Å²) in [5, 5.41) is 26.4. The third-order valence-electron chi connectivity index (χ3n) is 6.51. The molecule has 2 heterocycles. The number of hydrogen-bond acceptors (Lipinski definition) is 14. The number of nitriles is 1. The van der Waals surface area contributed by atoms with E-state index in [0.29, 0.717) is 103 Å². The van der Waals surface area contributed by atoms with E-state index in [2.05, 4.69) is 28.7 Å². The number of aromatic nitrogens is 2. The summed E-state index contributed by atoms with van der Waals surface area (Å²) < 4.78 is 32.9. The first-order valence-corrected chi connectivity index (χ1v) is 19.2. The van der Waals surface area contributed by atoms with Crippen LogP contribution in [0.1, 0.15) is 85.7 Å². The third-order valence-corrected chi connectivity index (χ3v) is 7.01. The Labute approximate surface area is 321 Å². The number of thiocyanates is 1. The van der Waals surface area contributed by atoms with Crippen LogP contribution in [0.5, 0.6) is 0 Å². The van der Waals surface area contributed by atoms with Crippen LogP contribution >= 0.6 is 11.8 Å². The maximum absolute atomic E-state index is 11.1. The number of carboxylic acid groups (broad SMARTS) is 1. The quantitative estimate of drug-likeness (QED) is 0.0613. The first kappa shape index (κ1) is 52.1. The Kier molecular flexibility index (Phi) is 39.4. The number of rotatable bonds is 29. The Balaban J connectivity index is 0. The number of carbonyl (C=O) groups excluding carboxylic acids is 1. The minimum atomic E-state index is -1.02. The van der Waals surface area contributed by atoms with Gasteiger partial charge in [-0.3, -0.25) is 9.69 Å². The molecule has 15 heteroatoms. The molecular formula is C38H64N4O10S. The fourth-order valence-electron chi connectivity index (χ4n) is 4.03. The van der Waals surface area contributed by atoms with E-state index in [1.54, 1.807) is 12.1 Å². The van der Waals surface area contributed by atoms with Crippen molar-refractivity contribution >= 4 is 24.0 Å². The van der Waals surface area contributed by atoms with Crippen molar-refractivity contribution in [2.24, 2.45) is 0 Å². The van der Waals surface area contributed by atoms with Gasteiger partial charge in [-0.15, -0.1) is 0 Å². The second-order valence-corrected chi connectivity index (χ2v) is 11.6. The van der Waals surface area contributed by atoms with Crippen molar-refractivity contribution in [1.82, 2.24) is 14.9 Å². The van der Waals surface area contributed by atoms with Crippen LogP contribution < -0.4 is 0 Å². The highest BCUT2D eigenvalue weighted by Gasteiger charge is 2.11. The molecule has 0 fully saturated rings. The monoisotopic (exact) mass is 768 g/mol. The van der Waals surface area contributed by atoms with Crippen LogP contribution in [0.2, 0.25) is 0 Å². The van der Waals surface area contributed by atoms with E-state index in [-0.39, 0.29) is 11.6 Å². The molecule has 0 aliphatic carbocycles. The molecular weight excluding hydrogens is 705 g/mol. The fourth-order valence-corrected chi connectivity index (χ4v) is 4.32. The highest BCUT2D eigenvalue weighted by molar-refractivity contribution is 8.03. The van der Waals surface area contributed by atoms with Gasteiger partial charge in [0.2, 0.25) is 0 Å². The first-order valence-electron chi connectivity index (χ1n) is 18.2. The number of aldehydes is 1. The van der Waals surface area contributed by atoms with Crippen LogP contribution in [0.4, 0.5) is 0 Å². The molecule has 0 radical (unpaired) electrons. The summed E-state index contributed by atoms with van der Waals surface area (Å²) in [6.45, 7) is 19.1. The predicted molar refractivity (Wildman–Crippen MR) is 208 cm³/mol. The zero-order valence-corrected chi connectivity index (χ0v) is 33.5. The van der Waals surface area contributed by atoms with E-state index in [4.69, 9.17) is 43.9 Å². The van der Waals surface area contributed by atoms with E-state index >= 15 is 0 Å². The number of pyridine rings is 2. The second kappa shape index (κ2) is 40.2. The fraction of sp³-hybridized carbons (Fsp3) is 0.658. The van der Waals surface area contributed by atoms with Crippen molar-refractivity contribution in [1.29, 1.82) is 5.26 Å². The van der Waals surface area contributed by atoms with Crippen molar-refractivity contribution < 1.29 is 48.2 Å². The molecule has 2 N–H and O–H groups in total. The molecule has 2 aromatic rings. The Morgan fingerprint density at radius 2 is 1.34 bits per heavy atom. The number of aliphatic hydroxyl groups is 1. The molecule has 0 amide bonds. The zero-order chi connectivity index (χ0) is 39.8. The van der Waals surface area contributed by atoms with Crippen molar-refractivity contribution in [2.45, 2.75) is 59.9 Å². The number of carboxylic acids is 1. The van der Waals surface area contributed by atoms with Gasteiger partial charge in [0.25, 0.3) is 0 Å². The largest absolute Gasteiger partial charge is 0.477 e. The number of thioether (sulfide) groups is 1. The maximum Gasteiger partial charge on any atom is 0.354 e. The van der Waals surface area contributed by atoms with Crippen molar-refractivity contribution in [3.05, 3.63) is 59.2 Å². The summed E-state index contributed by atoms with van der Waals surface area (Å²) in [4.78, 5) is 32.4. The number of aliphatic hydroxyl groups excluding tert-OH is 1. The van der Waals surface area contributed by atoms with Crippen LogP contribution in [0.25, 0.3) is 0 Å². The number of carbonyl (C=O) groups is 2. The highest BCUT2D eigenvalue weighted by atomic mass is 32.2. The Morgan fingerprint density at radius 3 is 1.87 bits per heavy atom. The maximum atomic E-state index is 11.1. The number of ether oxygens (including phenoxy) is 6. The van der Waals surface area contributed by atoms with Crippen LogP contribution in [0.15, 0.2) is 36.4 Å². The minimum Gasteiger partial charge on any atom is -0.477 e. The van der Waals surface area contributed by atoms with Crippen LogP contribution in [-0.2, 0) is 35.0 Å². The van der Waals surface area contributed by atoms with Crippen molar-refractivity contribution in [2.75, 3.05) is 105 Å². The average molecular weight is 769 g/mol. The molecule has 14 nitrogen and oxygen atoms in total. The van der Waals surface area contributed by atoms with Gasteiger partial charge in [-0.1, -0.05) is 46.8 Å². The summed E-state index contributed by atoms with van der Waals surface area (Å²) in [5.74, 6) is -0.219. The lowest BCUT2D eigenvalue weighted by Crippen LogP contribution is -2.31. The standard InChI is InChI=1S/C21H36N2O6.C14H18N2O3S.C2H6.CH4O/c1-3-10-26-14-16-28-12-8-23(9-13-29-17-15-27-11-4-2)18-19-6-5-7-20(22-19)21(24)25;1-12(14-4-2-3-13(9-17)16-14)10-19-6-5-18-7-8-20-11-15;2*1-2/h5-7H,3-4,8-18H2,1-2H3,(H,24,25);2-4,9,12H,5-8,10H2,1H3;1-2H3;2H,1H3. The van der Waals surface area contributed by atoms with Gasteiger partial charge in [-0.25, -0.2) is 14.8 Å². The van der Waals surface area contributed by atoms with Crippen LogP contribution in [0.3, 0.4) is 0 Å². The van der Waals surface area contributed by atoms with Crippen LogP contribution in [-0.4, -0.2) is 143 Å². The van der Waals surface area contributed by atoms with Gasteiger partial charge in [0.15, 0.2) is 6.29 Å². The summed E-state index contributed by atoms with van der Waals surface area (Å²) in [6.07, 6.45) is 2.74. The normalized spacial score (nSPS) is 10.8. The number of aromatic carboxylic acids is 1. The first-order chi connectivity index (χ1) is 25.9. The van der Waals surface area contributed by atoms with E-state index in [1.165, 1.54) is 17.8 Å². The number of nitrogens with zero attached hydrogens (tertiary/aromatic N) is 4. The van der Waals surface area contributed by atoms with Crippen molar-refractivity contribution in [3.63, 3.8) is 0 Å². The topological polar surface area (TPSA) is 183 Å². The van der Waals surface area contributed by atoms with E-state index in [0.717, 1.165) is 45.1 Å². The molecule has 2 aromatic heterocycles. The lowest BCUT2D eigenvalue weighted by Gasteiger charge is -2.22. The van der Waals surface area contributed by atoms with Gasteiger partial charge in [0.1, 0.15) is 16.8 Å². The Bertz CT molecular complexity index is 1160. The second-order valence-electron chi connectivity index (χ2n) is 10.7. The molecule has 1 atom stereocenters. The lowest BCUT2D eigenvalue weighted by molar-refractivity contribution is 0.0224.